The van der Waals surface area contributed by atoms with Crippen molar-refractivity contribution in [2.75, 3.05) is 23.7 Å². The van der Waals surface area contributed by atoms with Gasteiger partial charge >= 0.3 is 0 Å². The van der Waals surface area contributed by atoms with E-state index in [9.17, 15) is 17.6 Å². The standard InChI is InChI=1S/C17H27FN2O3S/c1-4-6-7-14(5-2)12-19-17(21)13-20(24(3,22)23)16-10-8-15(18)9-11-16/h8-11,14H,4-7,12-13H2,1-3H3,(H,19,21). The Morgan fingerprint density at radius 1 is 1.25 bits per heavy atom. The van der Waals surface area contributed by atoms with Crippen LogP contribution in [0.25, 0.3) is 0 Å². The van der Waals surface area contributed by atoms with E-state index < -0.39 is 15.8 Å². The summed E-state index contributed by atoms with van der Waals surface area (Å²) in [6.07, 6.45) is 5.26. The fraction of sp³-hybridized carbons (Fsp3) is 0.588. The van der Waals surface area contributed by atoms with Gasteiger partial charge in [-0.15, -0.1) is 0 Å². The molecule has 1 N–H and O–H groups in total. The Morgan fingerprint density at radius 3 is 2.38 bits per heavy atom. The number of unbranched alkanes of at least 4 members (excludes halogenated alkanes) is 1. The number of nitrogens with zero attached hydrogens (tertiary/aromatic N) is 1. The van der Waals surface area contributed by atoms with Crippen molar-refractivity contribution in [3.63, 3.8) is 0 Å². The van der Waals surface area contributed by atoms with Gasteiger partial charge in [0.05, 0.1) is 11.9 Å². The summed E-state index contributed by atoms with van der Waals surface area (Å²) in [6.45, 7) is 4.43. The van der Waals surface area contributed by atoms with Crippen LogP contribution in [-0.2, 0) is 14.8 Å². The zero-order valence-corrected chi connectivity index (χ0v) is 15.4. The third-order valence-electron chi connectivity index (χ3n) is 3.93. The predicted molar refractivity (Wildman–Crippen MR) is 94.9 cm³/mol. The Balaban J connectivity index is 2.70. The van der Waals surface area contributed by atoms with Crippen LogP contribution in [0.4, 0.5) is 10.1 Å². The number of hydrogen-bond acceptors (Lipinski definition) is 3. The summed E-state index contributed by atoms with van der Waals surface area (Å²) in [5.74, 6) is -0.426. The van der Waals surface area contributed by atoms with Crippen molar-refractivity contribution >= 4 is 21.6 Å². The van der Waals surface area contributed by atoms with Crippen LogP contribution < -0.4 is 9.62 Å². The molecular weight excluding hydrogens is 331 g/mol. The van der Waals surface area contributed by atoms with E-state index in [2.05, 4.69) is 19.2 Å². The second kappa shape index (κ2) is 9.61. The lowest BCUT2D eigenvalue weighted by molar-refractivity contribution is -0.119. The molecule has 1 aromatic rings. The van der Waals surface area contributed by atoms with E-state index in [1.807, 2.05) is 0 Å². The number of halogens is 1. The second-order valence-electron chi connectivity index (χ2n) is 5.97. The highest BCUT2D eigenvalue weighted by atomic mass is 32.2. The first-order valence-electron chi connectivity index (χ1n) is 8.27. The first-order valence-corrected chi connectivity index (χ1v) is 10.1. The van der Waals surface area contributed by atoms with E-state index in [-0.39, 0.29) is 18.1 Å². The second-order valence-corrected chi connectivity index (χ2v) is 7.87. The number of nitrogens with one attached hydrogen (secondary N) is 1. The number of rotatable bonds is 10. The molecule has 0 heterocycles. The summed E-state index contributed by atoms with van der Waals surface area (Å²) in [5.41, 5.74) is 0.270. The fourth-order valence-electron chi connectivity index (χ4n) is 2.40. The Labute approximate surface area is 144 Å². The maximum absolute atomic E-state index is 13.0. The number of anilines is 1. The first-order chi connectivity index (χ1) is 11.3. The zero-order valence-electron chi connectivity index (χ0n) is 14.6. The van der Waals surface area contributed by atoms with Gasteiger partial charge in [-0.05, 0) is 36.6 Å². The highest BCUT2D eigenvalue weighted by Gasteiger charge is 2.21. The average Bonchev–Trinajstić information content (AvgIpc) is 2.53. The molecule has 0 saturated carbocycles. The number of carbonyl (C=O) groups excluding carboxylic acids is 1. The lowest BCUT2D eigenvalue weighted by Crippen LogP contribution is -2.41. The van der Waals surface area contributed by atoms with Crippen LogP contribution in [0.3, 0.4) is 0 Å². The number of amides is 1. The lowest BCUT2D eigenvalue weighted by Gasteiger charge is -2.22. The molecule has 0 fully saturated rings. The smallest absolute Gasteiger partial charge is 0.240 e. The van der Waals surface area contributed by atoms with Crippen LogP contribution in [0.5, 0.6) is 0 Å². The first kappa shape index (κ1) is 20.4. The van der Waals surface area contributed by atoms with Gasteiger partial charge in [0.2, 0.25) is 15.9 Å². The van der Waals surface area contributed by atoms with Crippen molar-refractivity contribution in [2.45, 2.75) is 39.5 Å². The average molecular weight is 358 g/mol. The molecule has 1 unspecified atom stereocenters. The molecule has 136 valence electrons. The molecule has 0 aliphatic heterocycles. The minimum absolute atomic E-state index is 0.270. The topological polar surface area (TPSA) is 66.5 Å². The third kappa shape index (κ3) is 6.86. The number of benzene rings is 1. The van der Waals surface area contributed by atoms with Gasteiger partial charge < -0.3 is 5.32 Å². The van der Waals surface area contributed by atoms with Crippen molar-refractivity contribution in [2.24, 2.45) is 5.92 Å². The molecule has 0 spiro atoms. The van der Waals surface area contributed by atoms with Gasteiger partial charge in [0, 0.05) is 6.54 Å². The maximum Gasteiger partial charge on any atom is 0.240 e. The molecule has 0 bridgehead atoms. The summed E-state index contributed by atoms with van der Waals surface area (Å²) in [4.78, 5) is 12.1. The summed E-state index contributed by atoms with van der Waals surface area (Å²) in [5, 5.41) is 2.81. The van der Waals surface area contributed by atoms with Gasteiger partial charge in [0.15, 0.2) is 0 Å². The third-order valence-corrected chi connectivity index (χ3v) is 5.07. The zero-order chi connectivity index (χ0) is 18.2. The van der Waals surface area contributed by atoms with Gasteiger partial charge in [-0.3, -0.25) is 9.10 Å². The van der Waals surface area contributed by atoms with Crippen LogP contribution >= 0.6 is 0 Å². The Kier molecular flexibility index (Phi) is 8.18. The molecule has 1 amide bonds. The van der Waals surface area contributed by atoms with Crippen LogP contribution in [0.2, 0.25) is 0 Å². The minimum atomic E-state index is -3.63. The fourth-order valence-corrected chi connectivity index (χ4v) is 3.25. The molecule has 5 nitrogen and oxygen atoms in total. The largest absolute Gasteiger partial charge is 0.354 e. The van der Waals surface area contributed by atoms with Crippen LogP contribution in [0, 0.1) is 11.7 Å². The van der Waals surface area contributed by atoms with E-state index in [1.165, 1.54) is 24.3 Å². The van der Waals surface area contributed by atoms with E-state index in [1.54, 1.807) is 0 Å². The molecular formula is C17H27FN2O3S. The molecule has 1 atom stereocenters. The van der Waals surface area contributed by atoms with Gasteiger partial charge in [-0.1, -0.05) is 33.1 Å². The number of sulfonamides is 1. The Morgan fingerprint density at radius 2 is 1.88 bits per heavy atom. The van der Waals surface area contributed by atoms with Crippen molar-refractivity contribution in [3.05, 3.63) is 30.1 Å². The highest BCUT2D eigenvalue weighted by molar-refractivity contribution is 7.92. The molecule has 0 aromatic heterocycles. The van der Waals surface area contributed by atoms with E-state index in [4.69, 9.17) is 0 Å². The van der Waals surface area contributed by atoms with Crippen LogP contribution in [0.1, 0.15) is 39.5 Å². The summed E-state index contributed by atoms with van der Waals surface area (Å²) in [7, 11) is -3.63. The van der Waals surface area contributed by atoms with Crippen LogP contribution in [-0.4, -0.2) is 33.7 Å². The normalized spacial score (nSPS) is 12.7. The summed E-state index contributed by atoms with van der Waals surface area (Å²) < 4.78 is 37.9. The number of carbonyl (C=O) groups is 1. The predicted octanol–water partition coefficient (Wildman–Crippen LogP) is 2.92. The van der Waals surface area contributed by atoms with Gasteiger partial charge in [0.1, 0.15) is 12.4 Å². The Hall–Kier alpha value is -1.63. The Bertz CT molecular complexity index is 617. The van der Waals surface area contributed by atoms with E-state index >= 15 is 0 Å². The monoisotopic (exact) mass is 358 g/mol. The van der Waals surface area contributed by atoms with Crippen molar-refractivity contribution in [1.82, 2.24) is 5.32 Å². The van der Waals surface area contributed by atoms with Gasteiger partial charge in [-0.25, -0.2) is 12.8 Å². The van der Waals surface area contributed by atoms with Gasteiger partial charge in [0.25, 0.3) is 0 Å². The van der Waals surface area contributed by atoms with Crippen molar-refractivity contribution in [1.29, 1.82) is 0 Å². The lowest BCUT2D eigenvalue weighted by atomic mass is 9.99. The summed E-state index contributed by atoms with van der Waals surface area (Å²) in [6, 6.07) is 5.03. The molecule has 0 radical (unpaired) electrons. The highest BCUT2D eigenvalue weighted by Crippen LogP contribution is 2.17. The van der Waals surface area contributed by atoms with E-state index in [0.29, 0.717) is 12.5 Å². The van der Waals surface area contributed by atoms with Crippen molar-refractivity contribution < 1.29 is 17.6 Å². The quantitative estimate of drug-likeness (QED) is 0.699. The summed E-state index contributed by atoms with van der Waals surface area (Å²) >= 11 is 0. The molecule has 1 rings (SSSR count). The minimum Gasteiger partial charge on any atom is -0.354 e. The van der Waals surface area contributed by atoms with Crippen molar-refractivity contribution in [3.8, 4) is 0 Å². The van der Waals surface area contributed by atoms with Gasteiger partial charge in [-0.2, -0.15) is 0 Å². The van der Waals surface area contributed by atoms with E-state index in [0.717, 1.165) is 36.2 Å². The molecule has 0 aliphatic rings. The van der Waals surface area contributed by atoms with Crippen LogP contribution in [0.15, 0.2) is 24.3 Å². The maximum atomic E-state index is 13.0. The molecule has 24 heavy (non-hydrogen) atoms. The molecule has 0 aliphatic carbocycles. The number of hydrogen-bond donors (Lipinski definition) is 1. The SMILES string of the molecule is CCCCC(CC)CNC(=O)CN(c1ccc(F)cc1)S(C)(=O)=O. The molecule has 7 heteroatoms. The molecule has 1 aromatic carbocycles. The molecule has 0 saturated heterocycles.